The fourth-order valence-corrected chi connectivity index (χ4v) is 5.50. The molecule has 2 heterocycles. The average Bonchev–Trinajstić information content (AvgIpc) is 3.45. The summed E-state index contributed by atoms with van der Waals surface area (Å²) < 4.78 is 6.07. The zero-order chi connectivity index (χ0) is 27.5. The molecule has 2 aromatic carbocycles. The lowest BCUT2D eigenvalue weighted by molar-refractivity contribution is -0.155. The van der Waals surface area contributed by atoms with Crippen LogP contribution in [0.3, 0.4) is 0 Å². The van der Waals surface area contributed by atoms with Crippen molar-refractivity contribution >= 4 is 17.8 Å². The fraction of sp³-hybridized carbons (Fsp3) is 0.469. The lowest BCUT2D eigenvalue weighted by atomic mass is 9.93. The third-order valence-corrected chi connectivity index (χ3v) is 7.76. The Balaban J connectivity index is 1.51. The Labute approximate surface area is 231 Å². The van der Waals surface area contributed by atoms with Crippen molar-refractivity contribution in [3.63, 3.8) is 0 Å². The number of nitrogens with one attached hydrogen (secondary N) is 1. The van der Waals surface area contributed by atoms with E-state index >= 15 is 0 Å². The van der Waals surface area contributed by atoms with E-state index < -0.39 is 12.0 Å². The number of ether oxygens (including phenoxy) is 1. The van der Waals surface area contributed by atoms with E-state index in [0.29, 0.717) is 25.8 Å². The number of amides is 2. The summed E-state index contributed by atoms with van der Waals surface area (Å²) in [6.45, 7) is 0.687. The lowest BCUT2D eigenvalue weighted by Crippen LogP contribution is -2.41. The smallest absolute Gasteiger partial charge is 0.309 e. The van der Waals surface area contributed by atoms with Crippen LogP contribution >= 0.6 is 0 Å². The summed E-state index contributed by atoms with van der Waals surface area (Å²) in [6, 6.07) is 19.3. The first-order chi connectivity index (χ1) is 19.0. The molecular weight excluding hydrogens is 492 g/mol. The summed E-state index contributed by atoms with van der Waals surface area (Å²) in [6.07, 6.45) is 8.49. The first kappa shape index (κ1) is 28.6. The van der Waals surface area contributed by atoms with Gasteiger partial charge in [0.25, 0.3) is 0 Å². The lowest BCUT2D eigenvalue weighted by Gasteiger charge is -2.26. The molecule has 0 aromatic heterocycles. The molecule has 4 atom stereocenters. The monoisotopic (exact) mass is 532 g/mol. The van der Waals surface area contributed by atoms with Gasteiger partial charge < -0.3 is 20.1 Å². The van der Waals surface area contributed by atoms with Crippen LogP contribution in [0.1, 0.15) is 62.2 Å². The molecular formula is C32H40N2O5. The number of rotatable bonds is 6. The van der Waals surface area contributed by atoms with E-state index in [1.807, 2.05) is 72.8 Å². The van der Waals surface area contributed by atoms with Crippen LogP contribution in [-0.2, 0) is 25.5 Å². The minimum atomic E-state index is -0.631. The molecule has 2 amide bonds. The second-order valence-corrected chi connectivity index (χ2v) is 10.6. The van der Waals surface area contributed by atoms with Crippen molar-refractivity contribution in [2.75, 3.05) is 19.7 Å². The molecule has 4 rings (SSSR count). The molecule has 1 fully saturated rings. The van der Waals surface area contributed by atoms with Crippen molar-refractivity contribution in [1.29, 1.82) is 0 Å². The van der Waals surface area contributed by atoms with Crippen LogP contribution in [0.5, 0.6) is 0 Å². The second-order valence-electron chi connectivity index (χ2n) is 10.6. The number of cyclic esters (lactones) is 1. The number of esters is 1. The quantitative estimate of drug-likeness (QED) is 0.426. The minimum absolute atomic E-state index is 0.0576. The SMILES string of the molecule is O=C1NC[C@@H](c2ccccc2)OC(=O)[C@@H](Cc2ccccc2)CCCC=CC[C@@H]1CC(=O)N1CCC[C@H]1CO. The number of carbonyl (C=O) groups is 3. The highest BCUT2D eigenvalue weighted by Crippen LogP contribution is 2.25. The molecule has 39 heavy (non-hydrogen) atoms. The Kier molecular flexibility index (Phi) is 10.7. The molecule has 0 unspecified atom stereocenters. The Bertz CT molecular complexity index is 1100. The number of allylic oxidation sites excluding steroid dienone is 2. The maximum atomic E-state index is 13.4. The summed E-state index contributed by atoms with van der Waals surface area (Å²) in [7, 11) is 0. The maximum absolute atomic E-state index is 13.4. The number of nitrogens with zero attached hydrogens (tertiary/aromatic N) is 1. The van der Waals surface area contributed by atoms with Crippen LogP contribution in [0, 0.1) is 11.8 Å². The normalized spacial score (nSPS) is 25.0. The Morgan fingerprint density at radius 2 is 1.69 bits per heavy atom. The van der Waals surface area contributed by atoms with Gasteiger partial charge in [-0.2, -0.15) is 0 Å². The summed E-state index contributed by atoms with van der Waals surface area (Å²) in [5.41, 5.74) is 1.90. The van der Waals surface area contributed by atoms with Gasteiger partial charge in [-0.25, -0.2) is 0 Å². The molecule has 208 valence electrons. The van der Waals surface area contributed by atoms with Crippen LogP contribution in [0.2, 0.25) is 0 Å². The van der Waals surface area contributed by atoms with Crippen molar-refractivity contribution in [1.82, 2.24) is 10.2 Å². The highest BCUT2D eigenvalue weighted by atomic mass is 16.5. The second kappa shape index (κ2) is 14.6. The Morgan fingerprint density at radius 3 is 2.44 bits per heavy atom. The number of benzene rings is 2. The molecule has 7 nitrogen and oxygen atoms in total. The van der Waals surface area contributed by atoms with Gasteiger partial charge in [0.2, 0.25) is 11.8 Å². The maximum Gasteiger partial charge on any atom is 0.309 e. The van der Waals surface area contributed by atoms with Crippen LogP contribution in [0.15, 0.2) is 72.8 Å². The number of hydrogen-bond acceptors (Lipinski definition) is 5. The predicted octanol–water partition coefficient (Wildman–Crippen LogP) is 4.37. The molecule has 2 aliphatic rings. The van der Waals surface area contributed by atoms with E-state index in [0.717, 1.165) is 36.8 Å². The van der Waals surface area contributed by atoms with E-state index in [9.17, 15) is 19.5 Å². The molecule has 2 aliphatic heterocycles. The molecule has 0 aliphatic carbocycles. The van der Waals surface area contributed by atoms with Gasteiger partial charge >= 0.3 is 5.97 Å². The van der Waals surface area contributed by atoms with E-state index in [1.165, 1.54) is 0 Å². The van der Waals surface area contributed by atoms with Gasteiger partial charge in [-0.3, -0.25) is 14.4 Å². The molecule has 2 aromatic rings. The van der Waals surface area contributed by atoms with Gasteiger partial charge in [-0.1, -0.05) is 72.8 Å². The van der Waals surface area contributed by atoms with Crippen molar-refractivity contribution in [3.05, 3.63) is 83.9 Å². The number of carbonyl (C=O) groups excluding carboxylic acids is 3. The predicted molar refractivity (Wildman–Crippen MR) is 149 cm³/mol. The van der Waals surface area contributed by atoms with Gasteiger partial charge in [0.15, 0.2) is 0 Å². The van der Waals surface area contributed by atoms with Crippen LogP contribution in [-0.4, -0.2) is 53.5 Å². The van der Waals surface area contributed by atoms with Gasteiger partial charge in [-0.05, 0) is 56.1 Å². The van der Waals surface area contributed by atoms with E-state index in [4.69, 9.17) is 4.74 Å². The highest BCUT2D eigenvalue weighted by Gasteiger charge is 2.32. The van der Waals surface area contributed by atoms with Crippen molar-refractivity contribution in [2.45, 2.75) is 63.5 Å². The average molecular weight is 533 g/mol. The van der Waals surface area contributed by atoms with Gasteiger partial charge in [-0.15, -0.1) is 0 Å². The van der Waals surface area contributed by atoms with E-state index in [1.54, 1.807) is 4.90 Å². The highest BCUT2D eigenvalue weighted by molar-refractivity contribution is 5.86. The number of aliphatic hydroxyl groups excluding tert-OH is 1. The third-order valence-electron chi connectivity index (χ3n) is 7.76. The van der Waals surface area contributed by atoms with Crippen LogP contribution in [0.25, 0.3) is 0 Å². The standard InChI is InChI=1S/C32H40N2O5/c35-23-28-18-11-19-34(28)30(36)21-26-16-7-1-2-8-17-27(20-24-12-5-3-6-13-24)32(38)39-29(22-33-31(26)37)25-14-9-4-10-15-25/h1,3-7,9-10,12-15,26-29,35H,2,8,11,16-23H2,(H,33,37)/t26-,27-,28+,29+/m1/s1. The molecule has 2 N–H and O–H groups in total. The van der Waals surface area contributed by atoms with E-state index in [-0.39, 0.29) is 49.3 Å². The summed E-state index contributed by atoms with van der Waals surface area (Å²) >= 11 is 0. The summed E-state index contributed by atoms with van der Waals surface area (Å²) in [4.78, 5) is 41.6. The van der Waals surface area contributed by atoms with Gasteiger partial charge in [0.05, 0.1) is 31.0 Å². The first-order valence-electron chi connectivity index (χ1n) is 14.2. The zero-order valence-electron chi connectivity index (χ0n) is 22.5. The van der Waals surface area contributed by atoms with E-state index in [2.05, 4.69) is 5.32 Å². The fourth-order valence-electron chi connectivity index (χ4n) is 5.50. The third kappa shape index (κ3) is 8.27. The molecule has 0 spiro atoms. The largest absolute Gasteiger partial charge is 0.455 e. The van der Waals surface area contributed by atoms with Crippen molar-refractivity contribution in [3.8, 4) is 0 Å². The minimum Gasteiger partial charge on any atom is -0.455 e. The van der Waals surface area contributed by atoms with Crippen molar-refractivity contribution in [2.24, 2.45) is 11.8 Å². The Morgan fingerprint density at radius 1 is 0.949 bits per heavy atom. The Hall–Kier alpha value is -3.45. The molecule has 0 radical (unpaired) electrons. The van der Waals surface area contributed by atoms with Gasteiger partial charge in [0, 0.05) is 13.0 Å². The number of likely N-dealkylation sites (tertiary alicyclic amines) is 1. The van der Waals surface area contributed by atoms with Crippen molar-refractivity contribution < 1.29 is 24.2 Å². The molecule has 0 saturated carbocycles. The first-order valence-corrected chi connectivity index (χ1v) is 14.2. The topological polar surface area (TPSA) is 95.9 Å². The van der Waals surface area contributed by atoms with Gasteiger partial charge in [0.1, 0.15) is 6.10 Å². The summed E-state index contributed by atoms with van der Waals surface area (Å²) in [5.74, 6) is -1.41. The molecule has 1 saturated heterocycles. The number of hydrogen-bond donors (Lipinski definition) is 2. The molecule has 7 heteroatoms. The summed E-state index contributed by atoms with van der Waals surface area (Å²) in [5, 5.41) is 12.6. The number of aliphatic hydroxyl groups is 1. The zero-order valence-corrected chi connectivity index (χ0v) is 22.5. The molecule has 0 bridgehead atoms. The van der Waals surface area contributed by atoms with Crippen LogP contribution in [0.4, 0.5) is 0 Å². The van der Waals surface area contributed by atoms with Crippen LogP contribution < -0.4 is 5.32 Å².